The summed E-state index contributed by atoms with van der Waals surface area (Å²) in [4.78, 5) is 10.9. The van der Waals surface area contributed by atoms with Crippen LogP contribution >= 0.6 is 10.7 Å². The van der Waals surface area contributed by atoms with Gasteiger partial charge in [-0.1, -0.05) is 0 Å². The first-order valence-corrected chi connectivity index (χ1v) is 6.60. The molecule has 0 fully saturated rings. The van der Waals surface area contributed by atoms with Crippen molar-refractivity contribution in [3.8, 4) is 0 Å². The minimum Gasteiger partial charge on any atom is -0.383 e. The second-order valence-electron chi connectivity index (χ2n) is 3.05. The quantitative estimate of drug-likeness (QED) is 0.769. The molecule has 0 bridgehead atoms. The number of carbonyl (C=O) groups is 1. The number of amides is 1. The normalized spacial score (nSPS) is 11.6. The minimum atomic E-state index is -3.86. The van der Waals surface area contributed by atoms with E-state index in [1.807, 2.05) is 0 Å². The van der Waals surface area contributed by atoms with Crippen LogP contribution in [0.15, 0.2) is 17.2 Å². The zero-order chi connectivity index (χ0) is 12.3. The van der Waals surface area contributed by atoms with Crippen LogP contribution in [-0.4, -0.2) is 32.6 Å². The van der Waals surface area contributed by atoms with Gasteiger partial charge in [-0.25, -0.2) is 8.42 Å². The lowest BCUT2D eigenvalue weighted by Crippen LogP contribution is -2.17. The maximum absolute atomic E-state index is 11.1. The Hall–Kier alpha value is -1.05. The summed E-state index contributed by atoms with van der Waals surface area (Å²) >= 11 is 0. The van der Waals surface area contributed by atoms with Gasteiger partial charge >= 0.3 is 0 Å². The molecule has 0 aromatic carbocycles. The van der Waals surface area contributed by atoms with Gasteiger partial charge in [-0.15, -0.1) is 0 Å². The number of aromatic nitrogens is 1. The first-order chi connectivity index (χ1) is 7.36. The number of rotatable bonds is 5. The van der Waals surface area contributed by atoms with Gasteiger partial charge in [0.1, 0.15) is 10.6 Å². The van der Waals surface area contributed by atoms with E-state index in [0.717, 1.165) is 6.07 Å². The average molecular weight is 267 g/mol. The van der Waals surface area contributed by atoms with Crippen LogP contribution in [0.4, 0.5) is 0 Å². The molecule has 0 aliphatic carbocycles. The summed E-state index contributed by atoms with van der Waals surface area (Å²) in [7, 11) is 2.79. The minimum absolute atomic E-state index is 0.0799. The van der Waals surface area contributed by atoms with Crippen molar-refractivity contribution in [1.82, 2.24) is 4.57 Å². The highest BCUT2D eigenvalue weighted by molar-refractivity contribution is 8.13. The molecule has 0 saturated heterocycles. The average Bonchev–Trinajstić information content (AvgIpc) is 2.57. The Kier molecular flexibility index (Phi) is 3.95. The summed E-state index contributed by atoms with van der Waals surface area (Å²) in [6.07, 6.45) is 1.25. The summed E-state index contributed by atoms with van der Waals surface area (Å²) < 4.78 is 28.3. The number of halogens is 1. The molecular formula is C8H11ClN2O4S. The van der Waals surface area contributed by atoms with Crippen LogP contribution in [-0.2, 0) is 20.3 Å². The van der Waals surface area contributed by atoms with Gasteiger partial charge in [-0.05, 0) is 6.07 Å². The summed E-state index contributed by atoms with van der Waals surface area (Å²) in [5, 5.41) is 0. The standard InChI is InChI=1S/C8H11ClN2O4S/c1-15-3-2-11-5-6(16(9,13)14)4-7(11)8(10)12/h4-5H,2-3H2,1H3,(H2,10,12). The molecule has 1 aromatic heterocycles. The van der Waals surface area contributed by atoms with Crippen LogP contribution in [0.2, 0.25) is 0 Å². The molecule has 6 nitrogen and oxygen atoms in total. The second kappa shape index (κ2) is 4.86. The van der Waals surface area contributed by atoms with Crippen molar-refractivity contribution < 1.29 is 17.9 Å². The maximum atomic E-state index is 11.1. The number of ether oxygens (including phenoxy) is 1. The van der Waals surface area contributed by atoms with E-state index < -0.39 is 15.0 Å². The van der Waals surface area contributed by atoms with Crippen LogP contribution in [0.3, 0.4) is 0 Å². The fourth-order valence-corrected chi connectivity index (χ4v) is 1.96. The Bertz CT molecular complexity index is 494. The predicted octanol–water partition coefficient (Wildman–Crippen LogP) is 0.161. The molecule has 0 aliphatic rings. The topological polar surface area (TPSA) is 91.4 Å². The highest BCUT2D eigenvalue weighted by Gasteiger charge is 2.18. The number of carbonyl (C=O) groups excluding carboxylic acids is 1. The van der Waals surface area contributed by atoms with E-state index in [1.165, 1.54) is 17.9 Å². The molecule has 90 valence electrons. The fourth-order valence-electron chi connectivity index (χ4n) is 1.20. The molecule has 0 radical (unpaired) electrons. The Labute approximate surface area is 97.4 Å². The Morgan fingerprint density at radius 1 is 1.62 bits per heavy atom. The van der Waals surface area contributed by atoms with Crippen molar-refractivity contribution in [2.45, 2.75) is 11.4 Å². The number of primary amides is 1. The van der Waals surface area contributed by atoms with Crippen molar-refractivity contribution in [2.75, 3.05) is 13.7 Å². The molecule has 0 saturated carbocycles. The summed E-state index contributed by atoms with van der Waals surface area (Å²) in [5.41, 5.74) is 5.18. The molecular weight excluding hydrogens is 256 g/mol. The third-order valence-corrected chi connectivity index (χ3v) is 3.26. The second-order valence-corrected chi connectivity index (χ2v) is 5.62. The summed E-state index contributed by atoms with van der Waals surface area (Å²) in [6.45, 7) is 0.651. The highest BCUT2D eigenvalue weighted by atomic mass is 35.7. The van der Waals surface area contributed by atoms with Crippen molar-refractivity contribution >= 4 is 25.6 Å². The molecule has 8 heteroatoms. The summed E-state index contributed by atoms with van der Waals surface area (Å²) in [5.74, 6) is -0.720. The molecule has 16 heavy (non-hydrogen) atoms. The molecule has 1 aromatic rings. The van der Waals surface area contributed by atoms with E-state index >= 15 is 0 Å². The van der Waals surface area contributed by atoms with Crippen molar-refractivity contribution in [1.29, 1.82) is 0 Å². The fraction of sp³-hybridized carbons (Fsp3) is 0.375. The van der Waals surface area contributed by atoms with Gasteiger partial charge in [0.15, 0.2) is 0 Å². The van der Waals surface area contributed by atoms with Gasteiger partial charge in [-0.3, -0.25) is 4.79 Å². The van der Waals surface area contributed by atoms with E-state index in [9.17, 15) is 13.2 Å². The van der Waals surface area contributed by atoms with Gasteiger partial charge < -0.3 is 15.0 Å². The van der Waals surface area contributed by atoms with Crippen LogP contribution in [0.1, 0.15) is 10.5 Å². The molecule has 2 N–H and O–H groups in total. The van der Waals surface area contributed by atoms with Crippen LogP contribution in [0, 0.1) is 0 Å². The van der Waals surface area contributed by atoms with Gasteiger partial charge in [0, 0.05) is 30.5 Å². The van der Waals surface area contributed by atoms with Gasteiger partial charge in [-0.2, -0.15) is 0 Å². The molecule has 1 amide bonds. The molecule has 0 atom stereocenters. The first-order valence-electron chi connectivity index (χ1n) is 4.30. The number of hydrogen-bond donors (Lipinski definition) is 1. The molecule has 1 rings (SSSR count). The third kappa shape index (κ3) is 2.97. The van der Waals surface area contributed by atoms with Gasteiger partial charge in [0.2, 0.25) is 0 Å². The number of nitrogens with two attached hydrogens (primary N) is 1. The smallest absolute Gasteiger partial charge is 0.265 e. The monoisotopic (exact) mass is 266 g/mol. The first kappa shape index (κ1) is 13.0. The molecule has 1 heterocycles. The SMILES string of the molecule is COCCn1cc(S(=O)(=O)Cl)cc1C(N)=O. The molecule has 0 spiro atoms. The lowest BCUT2D eigenvalue weighted by atomic mass is 10.4. The number of nitrogens with zero attached hydrogens (tertiary/aromatic N) is 1. The Balaban J connectivity index is 3.15. The zero-order valence-corrected chi connectivity index (χ0v) is 10.1. The molecule has 0 unspecified atom stereocenters. The van der Waals surface area contributed by atoms with Crippen molar-refractivity contribution in [3.05, 3.63) is 18.0 Å². The van der Waals surface area contributed by atoms with Crippen molar-refractivity contribution in [3.63, 3.8) is 0 Å². The van der Waals surface area contributed by atoms with Crippen LogP contribution < -0.4 is 5.73 Å². The van der Waals surface area contributed by atoms with E-state index in [-0.39, 0.29) is 10.6 Å². The third-order valence-electron chi connectivity index (χ3n) is 1.94. The van der Waals surface area contributed by atoms with Gasteiger partial charge in [0.25, 0.3) is 15.0 Å². The van der Waals surface area contributed by atoms with Crippen LogP contribution in [0.25, 0.3) is 0 Å². The van der Waals surface area contributed by atoms with E-state index in [2.05, 4.69) is 0 Å². The van der Waals surface area contributed by atoms with Gasteiger partial charge in [0.05, 0.1) is 6.61 Å². The highest BCUT2D eigenvalue weighted by Crippen LogP contribution is 2.18. The molecule has 0 aliphatic heterocycles. The summed E-state index contributed by atoms with van der Waals surface area (Å²) in [6, 6.07) is 1.14. The Morgan fingerprint density at radius 3 is 2.69 bits per heavy atom. The van der Waals surface area contributed by atoms with E-state index in [4.69, 9.17) is 21.2 Å². The predicted molar refractivity (Wildman–Crippen MR) is 57.9 cm³/mol. The lowest BCUT2D eigenvalue weighted by Gasteiger charge is -2.04. The largest absolute Gasteiger partial charge is 0.383 e. The Morgan fingerprint density at radius 2 is 2.25 bits per heavy atom. The number of hydrogen-bond acceptors (Lipinski definition) is 4. The van der Waals surface area contributed by atoms with E-state index in [0.29, 0.717) is 13.2 Å². The number of methoxy groups -OCH3 is 1. The van der Waals surface area contributed by atoms with Crippen molar-refractivity contribution in [2.24, 2.45) is 5.73 Å². The van der Waals surface area contributed by atoms with E-state index in [1.54, 1.807) is 0 Å². The van der Waals surface area contributed by atoms with Crippen LogP contribution in [0.5, 0.6) is 0 Å². The zero-order valence-electron chi connectivity index (χ0n) is 8.51. The maximum Gasteiger partial charge on any atom is 0.265 e. The lowest BCUT2D eigenvalue weighted by molar-refractivity contribution is 0.0988.